The second-order valence-electron chi connectivity index (χ2n) is 6.72. The lowest BCUT2D eigenvalue weighted by Gasteiger charge is -2.21. The highest BCUT2D eigenvalue weighted by Crippen LogP contribution is 2.13. The fraction of sp³-hybridized carbons (Fsp3) is 0.286. The van der Waals surface area contributed by atoms with Crippen LogP contribution in [0.15, 0.2) is 59.1 Å². The Morgan fingerprint density at radius 2 is 1.57 bits per heavy atom. The molecule has 2 aromatic rings. The summed E-state index contributed by atoms with van der Waals surface area (Å²) in [6.07, 6.45) is 0.196. The molecule has 1 unspecified atom stereocenters. The maximum Gasteiger partial charge on any atom is 0.243 e. The number of amides is 3. The predicted octanol–water partition coefficient (Wildman–Crippen LogP) is 2.89. The first kappa shape index (κ1) is 21.6. The van der Waals surface area contributed by atoms with Gasteiger partial charge >= 0.3 is 0 Å². The summed E-state index contributed by atoms with van der Waals surface area (Å²) in [7, 11) is 0. The number of anilines is 1. The summed E-state index contributed by atoms with van der Waals surface area (Å²) < 4.78 is 0.907. The van der Waals surface area contributed by atoms with E-state index >= 15 is 0 Å². The largest absolute Gasteiger partial charge is 0.345 e. The summed E-state index contributed by atoms with van der Waals surface area (Å²) in [4.78, 5) is 36.8. The Balaban J connectivity index is 1.85. The van der Waals surface area contributed by atoms with Crippen LogP contribution in [-0.2, 0) is 20.8 Å². The molecule has 2 aromatic carbocycles. The van der Waals surface area contributed by atoms with Crippen LogP contribution in [0.4, 0.5) is 5.69 Å². The van der Waals surface area contributed by atoms with Gasteiger partial charge in [0, 0.05) is 10.2 Å². The van der Waals surface area contributed by atoms with E-state index in [1.165, 1.54) is 0 Å². The van der Waals surface area contributed by atoms with Gasteiger partial charge in [-0.05, 0) is 35.7 Å². The number of carbonyl (C=O) groups excluding carboxylic acids is 3. The maximum absolute atomic E-state index is 12.5. The smallest absolute Gasteiger partial charge is 0.243 e. The van der Waals surface area contributed by atoms with Crippen molar-refractivity contribution in [3.05, 3.63) is 64.6 Å². The van der Waals surface area contributed by atoms with E-state index in [1.807, 2.05) is 56.3 Å². The van der Waals surface area contributed by atoms with Gasteiger partial charge in [0.1, 0.15) is 6.04 Å². The third-order valence-corrected chi connectivity index (χ3v) is 4.55. The average molecular weight is 446 g/mol. The summed E-state index contributed by atoms with van der Waals surface area (Å²) in [5.41, 5.74) is 1.51. The zero-order chi connectivity index (χ0) is 20.5. The van der Waals surface area contributed by atoms with Crippen LogP contribution < -0.4 is 16.0 Å². The van der Waals surface area contributed by atoms with E-state index in [4.69, 9.17) is 0 Å². The number of carbonyl (C=O) groups is 3. The van der Waals surface area contributed by atoms with Crippen LogP contribution >= 0.6 is 15.9 Å². The molecule has 28 heavy (non-hydrogen) atoms. The van der Waals surface area contributed by atoms with Crippen molar-refractivity contribution < 1.29 is 14.4 Å². The van der Waals surface area contributed by atoms with E-state index in [2.05, 4.69) is 31.9 Å². The van der Waals surface area contributed by atoms with Gasteiger partial charge in [-0.3, -0.25) is 14.4 Å². The van der Waals surface area contributed by atoms with Gasteiger partial charge in [0.05, 0.1) is 13.0 Å². The number of benzene rings is 2. The van der Waals surface area contributed by atoms with Gasteiger partial charge in [0.25, 0.3) is 0 Å². The molecule has 0 aliphatic rings. The van der Waals surface area contributed by atoms with E-state index in [0.717, 1.165) is 10.0 Å². The Morgan fingerprint density at radius 1 is 0.929 bits per heavy atom. The SMILES string of the molecule is CC(C)C(NC(=O)Cc1ccccc1)C(=O)NCC(=O)Nc1ccc(Br)cc1. The van der Waals surface area contributed by atoms with Crippen molar-refractivity contribution in [3.63, 3.8) is 0 Å². The molecule has 0 aliphatic heterocycles. The van der Waals surface area contributed by atoms with Gasteiger partial charge in [-0.2, -0.15) is 0 Å². The minimum Gasteiger partial charge on any atom is -0.345 e. The van der Waals surface area contributed by atoms with Crippen molar-refractivity contribution in [3.8, 4) is 0 Å². The molecule has 1 atom stereocenters. The molecule has 2 rings (SSSR count). The Kier molecular flexibility index (Phi) is 8.19. The topological polar surface area (TPSA) is 87.3 Å². The lowest BCUT2D eigenvalue weighted by molar-refractivity contribution is -0.130. The molecular weight excluding hydrogens is 422 g/mol. The molecule has 6 nitrogen and oxygen atoms in total. The van der Waals surface area contributed by atoms with E-state index in [-0.39, 0.29) is 36.6 Å². The van der Waals surface area contributed by atoms with Gasteiger partial charge < -0.3 is 16.0 Å². The van der Waals surface area contributed by atoms with Gasteiger partial charge in [0.2, 0.25) is 17.7 Å². The van der Waals surface area contributed by atoms with E-state index in [0.29, 0.717) is 5.69 Å². The Bertz CT molecular complexity index is 807. The van der Waals surface area contributed by atoms with Crippen LogP contribution in [-0.4, -0.2) is 30.3 Å². The van der Waals surface area contributed by atoms with Crippen LogP contribution in [0.5, 0.6) is 0 Å². The third-order valence-electron chi connectivity index (χ3n) is 4.02. The molecule has 0 saturated heterocycles. The molecule has 0 spiro atoms. The van der Waals surface area contributed by atoms with Crippen LogP contribution in [0.1, 0.15) is 19.4 Å². The third kappa shape index (κ3) is 7.15. The minimum atomic E-state index is -0.711. The zero-order valence-electron chi connectivity index (χ0n) is 15.9. The highest BCUT2D eigenvalue weighted by atomic mass is 79.9. The minimum absolute atomic E-state index is 0.116. The summed E-state index contributed by atoms with van der Waals surface area (Å²) in [6, 6.07) is 15.7. The highest BCUT2D eigenvalue weighted by Gasteiger charge is 2.24. The Morgan fingerprint density at radius 3 is 2.18 bits per heavy atom. The normalized spacial score (nSPS) is 11.6. The van der Waals surface area contributed by atoms with Crippen LogP contribution in [0.3, 0.4) is 0 Å². The van der Waals surface area contributed by atoms with Gasteiger partial charge in [-0.15, -0.1) is 0 Å². The first-order valence-corrected chi connectivity index (χ1v) is 9.81. The standard InChI is InChI=1S/C21H24BrN3O3/c1-14(2)20(25-18(26)12-15-6-4-3-5-7-15)21(28)23-13-19(27)24-17-10-8-16(22)9-11-17/h3-11,14,20H,12-13H2,1-2H3,(H,23,28)(H,24,27)(H,25,26). The van der Waals surface area contributed by atoms with Crippen molar-refractivity contribution in [2.45, 2.75) is 26.3 Å². The van der Waals surface area contributed by atoms with Crippen LogP contribution in [0.25, 0.3) is 0 Å². The molecule has 0 aromatic heterocycles. The van der Waals surface area contributed by atoms with E-state index < -0.39 is 6.04 Å². The first-order chi connectivity index (χ1) is 13.3. The van der Waals surface area contributed by atoms with Gasteiger partial charge in [-0.1, -0.05) is 60.1 Å². The molecule has 0 fully saturated rings. The quantitative estimate of drug-likeness (QED) is 0.583. The molecule has 0 bridgehead atoms. The number of hydrogen-bond donors (Lipinski definition) is 3. The van der Waals surface area contributed by atoms with Crippen LogP contribution in [0, 0.1) is 5.92 Å². The van der Waals surface area contributed by atoms with Gasteiger partial charge in [0.15, 0.2) is 0 Å². The van der Waals surface area contributed by atoms with Gasteiger partial charge in [-0.25, -0.2) is 0 Å². The van der Waals surface area contributed by atoms with Crippen LogP contribution in [0.2, 0.25) is 0 Å². The Hall–Kier alpha value is -2.67. The Labute approximate surface area is 173 Å². The second kappa shape index (κ2) is 10.6. The summed E-state index contributed by atoms with van der Waals surface area (Å²) >= 11 is 3.33. The molecule has 3 N–H and O–H groups in total. The maximum atomic E-state index is 12.5. The van der Waals surface area contributed by atoms with Crippen molar-refractivity contribution >= 4 is 39.3 Å². The molecule has 3 amide bonds. The number of halogens is 1. The molecule has 0 saturated carbocycles. The van der Waals surface area contributed by atoms with Crippen molar-refractivity contribution in [1.29, 1.82) is 0 Å². The monoisotopic (exact) mass is 445 g/mol. The number of hydrogen-bond acceptors (Lipinski definition) is 3. The molecule has 0 heterocycles. The summed E-state index contributed by atoms with van der Waals surface area (Å²) in [5, 5.41) is 8.05. The summed E-state index contributed by atoms with van der Waals surface area (Å²) in [5.74, 6) is -1.08. The molecule has 7 heteroatoms. The fourth-order valence-corrected chi connectivity index (χ4v) is 2.82. The zero-order valence-corrected chi connectivity index (χ0v) is 17.5. The lowest BCUT2D eigenvalue weighted by Crippen LogP contribution is -2.51. The summed E-state index contributed by atoms with van der Waals surface area (Å²) in [6.45, 7) is 3.51. The molecular formula is C21H24BrN3O3. The molecule has 148 valence electrons. The number of rotatable bonds is 8. The van der Waals surface area contributed by atoms with Crippen molar-refractivity contribution in [2.24, 2.45) is 5.92 Å². The van der Waals surface area contributed by atoms with E-state index in [1.54, 1.807) is 12.1 Å². The van der Waals surface area contributed by atoms with E-state index in [9.17, 15) is 14.4 Å². The molecule has 0 radical (unpaired) electrons. The van der Waals surface area contributed by atoms with Crippen molar-refractivity contribution in [2.75, 3.05) is 11.9 Å². The predicted molar refractivity (Wildman–Crippen MR) is 113 cm³/mol. The lowest BCUT2D eigenvalue weighted by atomic mass is 10.0. The van der Waals surface area contributed by atoms with Crippen molar-refractivity contribution in [1.82, 2.24) is 10.6 Å². The average Bonchev–Trinajstić information content (AvgIpc) is 2.66. The highest BCUT2D eigenvalue weighted by molar-refractivity contribution is 9.10. The molecule has 0 aliphatic carbocycles. The fourth-order valence-electron chi connectivity index (χ4n) is 2.56. The first-order valence-electron chi connectivity index (χ1n) is 9.01. The number of nitrogens with one attached hydrogen (secondary N) is 3. The second-order valence-corrected chi connectivity index (χ2v) is 7.64.